The molecule has 0 atom stereocenters. The Hall–Kier alpha value is -4.08. The monoisotopic (exact) mass is 531 g/mol. The summed E-state index contributed by atoms with van der Waals surface area (Å²) in [6, 6.07) is 28.6. The number of rotatable bonds is 9. The van der Waals surface area contributed by atoms with Crippen LogP contribution in [0, 0.1) is 4.91 Å². The number of nitroso groups, excluding NO2 is 1. The second-order valence-corrected chi connectivity index (χ2v) is 9.72. The third kappa shape index (κ3) is 6.19. The van der Waals surface area contributed by atoms with Crippen LogP contribution >= 0.6 is 23.5 Å². The molecule has 0 saturated heterocycles. The van der Waals surface area contributed by atoms with Gasteiger partial charge in [0.05, 0.1) is 35.1 Å². The first kappa shape index (κ1) is 26.0. The molecule has 186 valence electrons. The third-order valence-corrected chi connectivity index (χ3v) is 7.51. The Labute approximate surface area is 222 Å². The van der Waals surface area contributed by atoms with Gasteiger partial charge in [0.15, 0.2) is 4.87 Å². The van der Waals surface area contributed by atoms with Gasteiger partial charge in [-0.15, -0.1) is 5.43 Å². The minimum absolute atomic E-state index is 0.377. The fourth-order valence-electron chi connectivity index (χ4n) is 3.43. The van der Waals surface area contributed by atoms with Gasteiger partial charge < -0.3 is 9.47 Å². The number of benzene rings is 4. The Balaban J connectivity index is 1.61. The van der Waals surface area contributed by atoms with E-state index in [0.717, 1.165) is 4.90 Å². The zero-order valence-corrected chi connectivity index (χ0v) is 21.7. The average Bonchev–Trinajstić information content (AvgIpc) is 2.94. The van der Waals surface area contributed by atoms with Crippen LogP contribution in [0.4, 0.5) is 11.4 Å². The van der Waals surface area contributed by atoms with Gasteiger partial charge in [0.1, 0.15) is 5.69 Å². The second-order valence-electron chi connectivity index (χ2n) is 7.55. The molecule has 0 amide bonds. The lowest BCUT2D eigenvalue weighted by atomic mass is 10.2. The summed E-state index contributed by atoms with van der Waals surface area (Å²) in [4.78, 5) is 41.2. The molecular weight excluding hydrogens is 508 g/mol. The smallest absolute Gasteiger partial charge is 0.339 e. The maximum Gasteiger partial charge on any atom is 0.339 e. The first-order valence-electron chi connectivity index (χ1n) is 11.1. The van der Waals surface area contributed by atoms with E-state index in [1.165, 1.54) is 37.7 Å². The number of anilines is 1. The number of hydrazine groups is 1. The van der Waals surface area contributed by atoms with Gasteiger partial charge in [-0.1, -0.05) is 72.1 Å². The van der Waals surface area contributed by atoms with E-state index in [4.69, 9.17) is 9.47 Å². The van der Waals surface area contributed by atoms with E-state index in [9.17, 15) is 14.5 Å². The summed E-state index contributed by atoms with van der Waals surface area (Å²) in [5, 5.41) is 0. The molecule has 0 spiro atoms. The van der Waals surface area contributed by atoms with Crippen LogP contribution in [0.3, 0.4) is 0 Å². The van der Waals surface area contributed by atoms with Gasteiger partial charge in [-0.2, -0.15) is 0 Å². The molecule has 0 bridgehead atoms. The van der Waals surface area contributed by atoms with Crippen LogP contribution in [-0.4, -0.2) is 31.0 Å². The lowest BCUT2D eigenvalue weighted by molar-refractivity contribution is -0.430. The van der Waals surface area contributed by atoms with Crippen LogP contribution in [-0.2, 0) is 9.47 Å². The Morgan fingerprint density at radius 1 is 0.622 bits per heavy atom. The summed E-state index contributed by atoms with van der Waals surface area (Å²) in [5.41, 5.74) is 4.72. The third-order valence-electron chi connectivity index (χ3n) is 5.22. The highest BCUT2D eigenvalue weighted by Crippen LogP contribution is 2.39. The van der Waals surface area contributed by atoms with Crippen LogP contribution in [0.5, 0.6) is 0 Å². The van der Waals surface area contributed by atoms with Gasteiger partial charge in [0.2, 0.25) is 0 Å². The lowest BCUT2D eigenvalue weighted by Gasteiger charge is -2.10. The van der Waals surface area contributed by atoms with Crippen LogP contribution in [0.2, 0.25) is 0 Å². The number of ether oxygens (including phenoxy) is 2. The number of esters is 2. The van der Waals surface area contributed by atoms with Crippen molar-refractivity contribution in [2.45, 2.75) is 19.6 Å². The number of para-hydroxylation sites is 2. The number of methoxy groups -OCH3 is 2. The molecule has 4 aromatic carbocycles. The summed E-state index contributed by atoms with van der Waals surface area (Å²) in [7, 11) is 2.67. The van der Waals surface area contributed by atoms with E-state index in [1.54, 1.807) is 48.5 Å². The molecule has 0 fully saturated rings. The average molecular weight is 532 g/mol. The van der Waals surface area contributed by atoms with Gasteiger partial charge in [-0.05, 0) is 42.5 Å². The molecule has 4 aromatic rings. The summed E-state index contributed by atoms with van der Waals surface area (Å²) in [5.74, 6) is -0.881. The van der Waals surface area contributed by atoms with E-state index in [0.29, 0.717) is 42.1 Å². The Morgan fingerprint density at radius 2 is 1.05 bits per heavy atom. The van der Waals surface area contributed by atoms with Crippen molar-refractivity contribution in [2.24, 2.45) is 0 Å². The molecule has 0 heterocycles. The van der Waals surface area contributed by atoms with E-state index < -0.39 is 11.9 Å². The van der Waals surface area contributed by atoms with Gasteiger partial charge >= 0.3 is 17.6 Å². The van der Waals surface area contributed by atoms with Crippen molar-refractivity contribution in [2.75, 3.05) is 19.6 Å². The van der Waals surface area contributed by atoms with E-state index in [-0.39, 0.29) is 0 Å². The van der Waals surface area contributed by atoms with Crippen LogP contribution in [0.25, 0.3) is 0 Å². The molecule has 0 aliphatic heterocycles. The van der Waals surface area contributed by atoms with Crippen molar-refractivity contribution in [3.8, 4) is 0 Å². The molecule has 0 aliphatic carbocycles. The van der Waals surface area contributed by atoms with Crippen LogP contribution < -0.4 is 5.43 Å². The Kier molecular flexibility index (Phi) is 8.60. The van der Waals surface area contributed by atoms with E-state index >= 15 is 0 Å². The molecule has 37 heavy (non-hydrogen) atoms. The molecule has 0 unspecified atom stereocenters. The topological polar surface area (TPSA) is 84.7 Å². The fourth-order valence-corrected chi connectivity index (χ4v) is 5.50. The highest BCUT2D eigenvalue weighted by molar-refractivity contribution is 7.99. The molecule has 0 saturated carbocycles. The Morgan fingerprint density at radius 3 is 1.62 bits per heavy atom. The number of nitrogens with zero attached hydrogens (tertiary/aromatic N) is 1. The molecule has 0 radical (unpaired) electrons. The van der Waals surface area contributed by atoms with Crippen molar-refractivity contribution < 1.29 is 23.9 Å². The van der Waals surface area contributed by atoms with Crippen LogP contribution in [0.15, 0.2) is 117 Å². The summed E-state index contributed by atoms with van der Waals surface area (Å²) in [6.07, 6.45) is 0. The molecule has 1 N–H and O–H groups in total. The minimum atomic E-state index is -0.448. The zero-order chi connectivity index (χ0) is 26.2. The molecule has 4 rings (SSSR count). The summed E-state index contributed by atoms with van der Waals surface area (Å²) < 4.78 is 9.80. The Bertz CT molecular complexity index is 1460. The quantitative estimate of drug-likeness (QED) is 0.140. The van der Waals surface area contributed by atoms with Crippen molar-refractivity contribution in [3.05, 3.63) is 113 Å². The first-order chi connectivity index (χ1) is 18.0. The van der Waals surface area contributed by atoms with Crippen LogP contribution in [0.1, 0.15) is 20.7 Å². The van der Waals surface area contributed by atoms with Crippen molar-refractivity contribution in [1.82, 2.24) is 0 Å². The predicted molar refractivity (Wildman–Crippen MR) is 144 cm³/mol. The second kappa shape index (κ2) is 12.2. The first-order valence-corrected chi connectivity index (χ1v) is 12.8. The number of carbonyl (C=O) groups is 2. The highest BCUT2D eigenvalue weighted by atomic mass is 32.2. The van der Waals surface area contributed by atoms with Crippen molar-refractivity contribution in [1.29, 1.82) is 0 Å². The molecule has 0 aromatic heterocycles. The highest BCUT2D eigenvalue weighted by Gasteiger charge is 2.24. The molecular formula is C28H23N2O5S2+. The lowest BCUT2D eigenvalue weighted by Crippen LogP contribution is -2.12. The standard InChI is InChI=1S/C28H23N2O5S2/c1-34-27(31)19-11-3-7-15-23(19)36-25-17-9-5-13-21(25)29-30(33)22-14-6-10-18-26(22)37-24-16-8-4-12-20(24)28(32)35-2/h3-18H,1-2H3,(H,29,33)/q+1. The van der Waals surface area contributed by atoms with E-state index in [2.05, 4.69) is 5.43 Å². The van der Waals surface area contributed by atoms with Gasteiger partial charge in [0.25, 0.3) is 0 Å². The number of hydrogen-bond donors (Lipinski definition) is 1. The predicted octanol–water partition coefficient (Wildman–Crippen LogP) is 7.00. The zero-order valence-electron chi connectivity index (χ0n) is 20.0. The molecule has 7 nitrogen and oxygen atoms in total. The van der Waals surface area contributed by atoms with E-state index in [1.807, 2.05) is 48.5 Å². The maximum atomic E-state index is 13.3. The maximum absolute atomic E-state index is 13.3. The van der Waals surface area contributed by atoms with Gasteiger partial charge in [0, 0.05) is 20.8 Å². The molecule has 0 aliphatic rings. The minimum Gasteiger partial charge on any atom is -0.465 e. The normalized spacial score (nSPS) is 10.4. The fraction of sp³-hybridized carbons (Fsp3) is 0.0714. The summed E-state index contributed by atoms with van der Waals surface area (Å²) >= 11 is 2.65. The van der Waals surface area contributed by atoms with Crippen molar-refractivity contribution >= 4 is 46.8 Å². The number of nitrogens with one attached hydrogen (secondary N) is 1. The van der Waals surface area contributed by atoms with Gasteiger partial charge in [-0.3, -0.25) is 0 Å². The number of hydrogen-bond acceptors (Lipinski definition) is 7. The van der Waals surface area contributed by atoms with Gasteiger partial charge in [-0.25, -0.2) is 9.59 Å². The number of carbonyl (C=O) groups excluding carboxylic acids is 2. The molecule has 9 heteroatoms. The SMILES string of the molecule is COC(=O)c1ccccc1Sc1ccccc1N[N+](=O)c1ccccc1Sc1ccccc1C(=O)OC. The summed E-state index contributed by atoms with van der Waals surface area (Å²) in [6.45, 7) is 0. The largest absolute Gasteiger partial charge is 0.465 e. The van der Waals surface area contributed by atoms with Crippen molar-refractivity contribution in [3.63, 3.8) is 0 Å².